The van der Waals surface area contributed by atoms with Crippen molar-refractivity contribution in [3.63, 3.8) is 0 Å². The van der Waals surface area contributed by atoms with Crippen LogP contribution < -0.4 is 0 Å². The van der Waals surface area contributed by atoms with E-state index < -0.39 is 12.0 Å². The van der Waals surface area contributed by atoms with Crippen molar-refractivity contribution in [1.29, 1.82) is 0 Å². The molecule has 3 rings (SSSR count). The smallest absolute Gasteiger partial charge is 0.326 e. The average molecular weight is 371 g/mol. The maximum absolute atomic E-state index is 12.4. The molecule has 7 nitrogen and oxygen atoms in total. The number of hydrogen-bond donors (Lipinski definition) is 1. The first-order valence-electron chi connectivity index (χ1n) is 9.41. The lowest BCUT2D eigenvalue weighted by molar-refractivity contribution is -0.152. The molecule has 144 valence electrons. The van der Waals surface area contributed by atoms with Crippen molar-refractivity contribution in [3.8, 4) is 11.4 Å². The van der Waals surface area contributed by atoms with Gasteiger partial charge in [0.1, 0.15) is 6.04 Å². The Hall–Kier alpha value is -2.70. The number of aromatic nitrogens is 2. The first-order chi connectivity index (χ1) is 13.0. The summed E-state index contributed by atoms with van der Waals surface area (Å²) in [5, 5.41) is 13.3. The van der Waals surface area contributed by atoms with Crippen LogP contribution in [0.15, 0.2) is 28.8 Å². The van der Waals surface area contributed by atoms with Gasteiger partial charge >= 0.3 is 5.97 Å². The molecule has 2 aromatic rings. The second-order valence-corrected chi connectivity index (χ2v) is 7.23. The van der Waals surface area contributed by atoms with Crippen LogP contribution in [0.4, 0.5) is 0 Å². The summed E-state index contributed by atoms with van der Waals surface area (Å²) in [6.07, 6.45) is 2.66. The summed E-state index contributed by atoms with van der Waals surface area (Å²) in [4.78, 5) is 29.6. The molecule has 0 spiro atoms. The molecule has 1 N–H and O–H groups in total. The predicted octanol–water partition coefficient (Wildman–Crippen LogP) is 3.26. The number of amides is 1. The van der Waals surface area contributed by atoms with Crippen molar-refractivity contribution in [3.05, 3.63) is 35.7 Å². The molecular weight excluding hydrogens is 346 g/mol. The van der Waals surface area contributed by atoms with Crippen molar-refractivity contribution >= 4 is 11.9 Å². The highest BCUT2D eigenvalue weighted by molar-refractivity contribution is 5.84. The molecule has 0 radical (unpaired) electrons. The number of carbonyl (C=O) groups excluding carboxylic acids is 1. The normalized spacial score (nSPS) is 17.3. The van der Waals surface area contributed by atoms with Crippen molar-refractivity contribution < 1.29 is 19.2 Å². The lowest BCUT2D eigenvalue weighted by Crippen LogP contribution is -2.48. The van der Waals surface area contributed by atoms with E-state index in [9.17, 15) is 14.7 Å². The molecular formula is C20H25N3O4. The van der Waals surface area contributed by atoms with E-state index >= 15 is 0 Å². The number of carboxylic acids is 1. The molecule has 0 saturated carbocycles. The molecule has 1 aromatic carbocycles. The van der Waals surface area contributed by atoms with E-state index in [0.29, 0.717) is 37.0 Å². The zero-order valence-electron chi connectivity index (χ0n) is 15.7. The zero-order valence-corrected chi connectivity index (χ0v) is 15.7. The molecule has 0 unspecified atom stereocenters. The Morgan fingerprint density at radius 1 is 1.26 bits per heavy atom. The van der Waals surface area contributed by atoms with Crippen LogP contribution in [-0.4, -0.2) is 44.6 Å². The van der Waals surface area contributed by atoms with Gasteiger partial charge in [0.25, 0.3) is 0 Å². The highest BCUT2D eigenvalue weighted by Crippen LogP contribution is 2.22. The van der Waals surface area contributed by atoms with Crippen molar-refractivity contribution in [2.45, 2.75) is 57.9 Å². The Morgan fingerprint density at radius 3 is 2.67 bits per heavy atom. The molecule has 1 aliphatic heterocycles. The van der Waals surface area contributed by atoms with Crippen LogP contribution in [0.1, 0.15) is 56.9 Å². The largest absolute Gasteiger partial charge is 0.480 e. The minimum Gasteiger partial charge on any atom is -0.480 e. The van der Waals surface area contributed by atoms with Gasteiger partial charge in [0.2, 0.25) is 17.6 Å². The predicted molar refractivity (Wildman–Crippen MR) is 99.1 cm³/mol. The monoisotopic (exact) mass is 371 g/mol. The number of likely N-dealkylation sites (tertiary alicyclic amines) is 1. The molecule has 2 heterocycles. The van der Waals surface area contributed by atoms with Crippen molar-refractivity contribution in [2.75, 3.05) is 6.54 Å². The maximum atomic E-state index is 12.4. The van der Waals surface area contributed by atoms with Gasteiger partial charge in [0.05, 0.1) is 0 Å². The molecule has 0 aliphatic carbocycles. The molecule has 0 bridgehead atoms. The number of nitrogens with zero attached hydrogens (tertiary/aromatic N) is 3. The molecule has 1 fully saturated rings. The van der Waals surface area contributed by atoms with E-state index in [4.69, 9.17) is 4.52 Å². The lowest BCUT2D eigenvalue weighted by Gasteiger charge is -2.32. The van der Waals surface area contributed by atoms with Gasteiger partial charge < -0.3 is 14.5 Å². The van der Waals surface area contributed by atoms with Gasteiger partial charge in [-0.2, -0.15) is 4.98 Å². The molecule has 1 aromatic heterocycles. The number of aliphatic carboxylic acids is 1. The summed E-state index contributed by atoms with van der Waals surface area (Å²) >= 11 is 0. The second kappa shape index (κ2) is 8.33. The summed E-state index contributed by atoms with van der Waals surface area (Å²) in [6.45, 7) is 4.76. The molecule has 7 heteroatoms. The van der Waals surface area contributed by atoms with Gasteiger partial charge in [-0.25, -0.2) is 4.79 Å². The number of aryl methyl sites for hydroxylation is 1. The Balaban J connectivity index is 1.60. The Morgan fingerprint density at radius 2 is 2.00 bits per heavy atom. The summed E-state index contributed by atoms with van der Waals surface area (Å²) in [7, 11) is 0. The minimum atomic E-state index is -0.937. The number of hydrogen-bond acceptors (Lipinski definition) is 5. The topological polar surface area (TPSA) is 96.5 Å². The van der Waals surface area contributed by atoms with E-state index in [-0.39, 0.29) is 12.3 Å². The van der Waals surface area contributed by atoms with Crippen LogP contribution in [0, 0.1) is 0 Å². The Bertz CT molecular complexity index is 798. The van der Waals surface area contributed by atoms with Crippen LogP contribution >= 0.6 is 0 Å². The van der Waals surface area contributed by atoms with Crippen LogP contribution in [0.5, 0.6) is 0 Å². The molecule has 1 saturated heterocycles. The van der Waals surface area contributed by atoms with Crippen LogP contribution in [0.2, 0.25) is 0 Å². The van der Waals surface area contributed by atoms with Crippen LogP contribution in [-0.2, 0) is 16.0 Å². The highest BCUT2D eigenvalue weighted by Gasteiger charge is 2.31. The van der Waals surface area contributed by atoms with E-state index in [0.717, 1.165) is 18.4 Å². The SMILES string of the molecule is CC(C)c1ccc(-c2noc(CCC(=O)N3CCCC[C@H]3C(=O)O)n2)cc1. The molecule has 1 amide bonds. The average Bonchev–Trinajstić information content (AvgIpc) is 3.15. The molecule has 1 aliphatic rings. The minimum absolute atomic E-state index is 0.164. The van der Waals surface area contributed by atoms with Gasteiger partial charge in [-0.05, 0) is 30.7 Å². The fraction of sp³-hybridized carbons (Fsp3) is 0.500. The second-order valence-electron chi connectivity index (χ2n) is 7.23. The third kappa shape index (κ3) is 4.53. The number of piperidine rings is 1. The molecule has 1 atom stereocenters. The van der Waals surface area contributed by atoms with E-state index in [1.54, 1.807) is 0 Å². The van der Waals surface area contributed by atoms with Gasteiger partial charge in [-0.1, -0.05) is 43.3 Å². The highest BCUT2D eigenvalue weighted by atomic mass is 16.5. The van der Waals surface area contributed by atoms with Crippen molar-refractivity contribution in [1.82, 2.24) is 15.0 Å². The molecule has 27 heavy (non-hydrogen) atoms. The first-order valence-corrected chi connectivity index (χ1v) is 9.41. The number of carbonyl (C=O) groups is 2. The fourth-order valence-corrected chi connectivity index (χ4v) is 3.34. The van der Waals surface area contributed by atoms with Crippen molar-refractivity contribution in [2.24, 2.45) is 0 Å². The zero-order chi connectivity index (χ0) is 19.4. The van der Waals surface area contributed by atoms with Gasteiger partial charge in [0.15, 0.2) is 0 Å². The number of benzene rings is 1. The summed E-state index contributed by atoms with van der Waals surface area (Å²) in [5.41, 5.74) is 2.10. The van der Waals surface area contributed by atoms with Gasteiger partial charge in [-0.3, -0.25) is 4.79 Å². The van der Waals surface area contributed by atoms with Gasteiger partial charge in [-0.15, -0.1) is 0 Å². The standard InChI is InChI=1S/C20H25N3O4/c1-13(2)14-6-8-15(9-7-14)19-21-17(27-22-19)10-11-18(24)23-12-4-3-5-16(23)20(25)26/h6-9,13,16H,3-5,10-12H2,1-2H3,(H,25,26)/t16-/m0/s1. The van der Waals surface area contributed by atoms with Crippen LogP contribution in [0.25, 0.3) is 11.4 Å². The number of carboxylic acid groups (broad SMARTS) is 1. The Labute approximate surface area is 158 Å². The summed E-state index contributed by atoms with van der Waals surface area (Å²) < 4.78 is 5.26. The first kappa shape index (κ1) is 19.1. The quantitative estimate of drug-likeness (QED) is 0.837. The third-order valence-corrected chi connectivity index (χ3v) is 4.96. The van der Waals surface area contributed by atoms with Crippen LogP contribution in [0.3, 0.4) is 0 Å². The fourth-order valence-electron chi connectivity index (χ4n) is 3.34. The number of rotatable bonds is 6. The lowest BCUT2D eigenvalue weighted by atomic mass is 10.0. The summed E-state index contributed by atoms with van der Waals surface area (Å²) in [6, 6.07) is 7.29. The Kier molecular flexibility index (Phi) is 5.88. The maximum Gasteiger partial charge on any atom is 0.326 e. The van der Waals surface area contributed by atoms with E-state index in [2.05, 4.69) is 24.0 Å². The summed E-state index contributed by atoms with van der Waals surface area (Å²) in [5.74, 6) is 0.218. The van der Waals surface area contributed by atoms with E-state index in [1.165, 1.54) is 10.5 Å². The third-order valence-electron chi connectivity index (χ3n) is 4.96. The van der Waals surface area contributed by atoms with E-state index in [1.807, 2.05) is 24.3 Å². The van der Waals surface area contributed by atoms with Gasteiger partial charge in [0, 0.05) is 24.9 Å².